The zero-order valence-corrected chi connectivity index (χ0v) is 16.4. The maximum atomic E-state index is 12.8. The minimum Gasteiger partial charge on any atom is -0.385 e. The van der Waals surface area contributed by atoms with Crippen molar-refractivity contribution in [1.82, 2.24) is 4.90 Å². The third-order valence-electron chi connectivity index (χ3n) is 5.95. The lowest BCUT2D eigenvalue weighted by molar-refractivity contribution is -0.0288. The van der Waals surface area contributed by atoms with Gasteiger partial charge in [0.25, 0.3) is 0 Å². The number of aliphatic hydroxyl groups is 1. The first-order chi connectivity index (χ1) is 12.6. The fourth-order valence-electron chi connectivity index (χ4n) is 4.36. The first-order valence-corrected chi connectivity index (χ1v) is 10.2. The first-order valence-electron chi connectivity index (χ1n) is 9.39. The van der Waals surface area contributed by atoms with Crippen LogP contribution in [0, 0.1) is 5.92 Å². The second-order valence-corrected chi connectivity index (χ2v) is 8.42. The standard InChI is InChI=1S/C22H24BrNO2/c23-20-8-4-3-7-19(20)22(26)11-13-24(14-12-22)15-17-10-9-16-5-1-2-6-18(16)21(17)25/h1-8,17,26H,9-15H2. The fourth-order valence-corrected chi connectivity index (χ4v) is 5.01. The van der Waals surface area contributed by atoms with E-state index in [-0.39, 0.29) is 5.92 Å². The highest BCUT2D eigenvalue weighted by molar-refractivity contribution is 9.10. The molecule has 4 heteroatoms. The van der Waals surface area contributed by atoms with Crippen molar-refractivity contribution in [3.63, 3.8) is 0 Å². The van der Waals surface area contributed by atoms with Crippen molar-refractivity contribution in [2.75, 3.05) is 19.6 Å². The predicted octanol–water partition coefficient (Wildman–Crippen LogP) is 4.18. The van der Waals surface area contributed by atoms with Crippen molar-refractivity contribution in [1.29, 1.82) is 0 Å². The Kier molecular flexibility index (Phi) is 5.00. The molecule has 136 valence electrons. The van der Waals surface area contributed by atoms with E-state index < -0.39 is 5.60 Å². The molecule has 26 heavy (non-hydrogen) atoms. The number of hydrogen-bond acceptors (Lipinski definition) is 3. The minimum absolute atomic E-state index is 0.0829. The van der Waals surface area contributed by atoms with Gasteiger partial charge in [0, 0.05) is 35.6 Å². The average Bonchev–Trinajstić information content (AvgIpc) is 2.66. The highest BCUT2D eigenvalue weighted by atomic mass is 79.9. The third kappa shape index (κ3) is 3.38. The molecule has 0 saturated carbocycles. The summed E-state index contributed by atoms with van der Waals surface area (Å²) in [6.45, 7) is 2.45. The van der Waals surface area contributed by atoms with Gasteiger partial charge in [0.1, 0.15) is 0 Å². The van der Waals surface area contributed by atoms with Crippen molar-refractivity contribution in [3.05, 3.63) is 69.7 Å². The summed E-state index contributed by atoms with van der Waals surface area (Å²) in [5.41, 5.74) is 2.29. The summed E-state index contributed by atoms with van der Waals surface area (Å²) in [6.07, 6.45) is 3.32. The molecule has 1 aliphatic heterocycles. The molecule has 1 fully saturated rings. The molecular formula is C22H24BrNO2. The number of carbonyl (C=O) groups excluding carboxylic acids is 1. The molecule has 1 heterocycles. The summed E-state index contributed by atoms with van der Waals surface area (Å²) >= 11 is 3.57. The molecule has 2 aromatic carbocycles. The van der Waals surface area contributed by atoms with Crippen LogP contribution in [0.5, 0.6) is 0 Å². The van der Waals surface area contributed by atoms with Crippen LogP contribution in [0.2, 0.25) is 0 Å². The number of rotatable bonds is 3. The molecule has 1 atom stereocenters. The topological polar surface area (TPSA) is 40.5 Å². The van der Waals surface area contributed by atoms with Crippen LogP contribution in [0.4, 0.5) is 0 Å². The Labute approximate surface area is 163 Å². The lowest BCUT2D eigenvalue weighted by Crippen LogP contribution is -2.45. The normalized spacial score (nSPS) is 22.8. The van der Waals surface area contributed by atoms with Crippen molar-refractivity contribution in [2.45, 2.75) is 31.3 Å². The molecule has 1 unspecified atom stereocenters. The van der Waals surface area contributed by atoms with Crippen LogP contribution in [0.25, 0.3) is 0 Å². The molecule has 0 amide bonds. The zero-order chi connectivity index (χ0) is 18.1. The summed E-state index contributed by atoms with van der Waals surface area (Å²) in [5.74, 6) is 0.373. The number of likely N-dealkylation sites (tertiary alicyclic amines) is 1. The Morgan fingerprint density at radius 1 is 1.08 bits per heavy atom. The van der Waals surface area contributed by atoms with Crippen molar-refractivity contribution in [2.24, 2.45) is 5.92 Å². The lowest BCUT2D eigenvalue weighted by Gasteiger charge is -2.40. The number of ketones is 1. The largest absolute Gasteiger partial charge is 0.385 e. The lowest BCUT2D eigenvalue weighted by atomic mass is 9.81. The third-order valence-corrected chi connectivity index (χ3v) is 6.64. The summed E-state index contributed by atoms with van der Waals surface area (Å²) < 4.78 is 0.968. The first kappa shape index (κ1) is 17.9. The van der Waals surface area contributed by atoms with E-state index in [1.807, 2.05) is 42.5 Å². The number of hydrogen-bond donors (Lipinski definition) is 1. The van der Waals surface area contributed by atoms with Gasteiger partial charge in [0.15, 0.2) is 5.78 Å². The number of carbonyl (C=O) groups is 1. The molecule has 1 N–H and O–H groups in total. The number of aryl methyl sites for hydroxylation is 1. The van der Waals surface area contributed by atoms with Gasteiger partial charge in [-0.3, -0.25) is 4.79 Å². The smallest absolute Gasteiger partial charge is 0.167 e. The molecule has 0 aromatic heterocycles. The second kappa shape index (κ2) is 7.26. The van der Waals surface area contributed by atoms with Crippen LogP contribution < -0.4 is 0 Å². The van der Waals surface area contributed by atoms with E-state index >= 15 is 0 Å². The number of piperidine rings is 1. The van der Waals surface area contributed by atoms with Gasteiger partial charge in [0.2, 0.25) is 0 Å². The fraction of sp³-hybridized carbons (Fsp3) is 0.409. The van der Waals surface area contributed by atoms with Crippen LogP contribution in [0.15, 0.2) is 53.0 Å². The van der Waals surface area contributed by atoms with Crippen molar-refractivity contribution >= 4 is 21.7 Å². The Bertz CT molecular complexity index is 811. The van der Waals surface area contributed by atoms with Crippen molar-refractivity contribution < 1.29 is 9.90 Å². The van der Waals surface area contributed by atoms with Crippen molar-refractivity contribution in [3.8, 4) is 0 Å². The maximum absolute atomic E-state index is 12.8. The van der Waals surface area contributed by atoms with Gasteiger partial charge < -0.3 is 10.0 Å². The molecule has 1 saturated heterocycles. The quantitative estimate of drug-likeness (QED) is 0.820. The Morgan fingerprint density at radius 3 is 2.54 bits per heavy atom. The molecule has 0 radical (unpaired) electrons. The Morgan fingerprint density at radius 2 is 1.77 bits per heavy atom. The SMILES string of the molecule is O=C1c2ccccc2CCC1CN1CCC(O)(c2ccccc2Br)CC1. The van der Waals surface area contributed by atoms with Gasteiger partial charge in [-0.25, -0.2) is 0 Å². The number of fused-ring (bicyclic) bond motifs is 1. The molecule has 0 bridgehead atoms. The number of Topliss-reactive ketones (excluding diaryl/α,β-unsaturated/α-hetero) is 1. The van der Waals surface area contributed by atoms with Gasteiger partial charge in [0.05, 0.1) is 5.60 Å². The van der Waals surface area contributed by atoms with Gasteiger partial charge in [-0.1, -0.05) is 58.4 Å². The number of benzene rings is 2. The molecule has 4 rings (SSSR count). The van der Waals surface area contributed by atoms with Gasteiger partial charge in [-0.15, -0.1) is 0 Å². The predicted molar refractivity (Wildman–Crippen MR) is 106 cm³/mol. The number of halogens is 1. The zero-order valence-electron chi connectivity index (χ0n) is 14.8. The van der Waals surface area contributed by atoms with E-state index in [1.54, 1.807) is 0 Å². The van der Waals surface area contributed by atoms with E-state index in [0.717, 1.165) is 48.1 Å². The molecule has 2 aromatic rings. The van der Waals surface area contributed by atoms with Crippen LogP contribution in [-0.4, -0.2) is 35.4 Å². The molecule has 3 nitrogen and oxygen atoms in total. The van der Waals surface area contributed by atoms with Gasteiger partial charge in [-0.2, -0.15) is 0 Å². The molecule has 2 aliphatic rings. The minimum atomic E-state index is -0.778. The van der Waals surface area contributed by atoms with Gasteiger partial charge >= 0.3 is 0 Å². The summed E-state index contributed by atoms with van der Waals surface area (Å²) in [7, 11) is 0. The Balaban J connectivity index is 1.40. The molecule has 0 spiro atoms. The second-order valence-electron chi connectivity index (χ2n) is 7.57. The van der Waals surface area contributed by atoms with E-state index in [4.69, 9.17) is 0 Å². The highest BCUT2D eigenvalue weighted by Crippen LogP contribution is 2.37. The van der Waals surface area contributed by atoms with Crippen LogP contribution in [0.3, 0.4) is 0 Å². The van der Waals surface area contributed by atoms with E-state index in [1.165, 1.54) is 5.56 Å². The van der Waals surface area contributed by atoms with Crippen LogP contribution >= 0.6 is 15.9 Å². The summed E-state index contributed by atoms with van der Waals surface area (Å²) in [4.78, 5) is 15.2. The monoisotopic (exact) mass is 413 g/mol. The summed E-state index contributed by atoms with van der Waals surface area (Å²) in [5, 5.41) is 11.1. The van der Waals surface area contributed by atoms with E-state index in [9.17, 15) is 9.90 Å². The van der Waals surface area contributed by atoms with Gasteiger partial charge in [-0.05, 0) is 42.9 Å². The van der Waals surface area contributed by atoms with Crippen LogP contribution in [0.1, 0.15) is 40.7 Å². The number of nitrogens with zero attached hydrogens (tertiary/aromatic N) is 1. The molecule has 1 aliphatic carbocycles. The Hall–Kier alpha value is -1.49. The van der Waals surface area contributed by atoms with Crippen LogP contribution in [-0.2, 0) is 12.0 Å². The van der Waals surface area contributed by atoms with E-state index in [0.29, 0.717) is 18.6 Å². The highest BCUT2D eigenvalue weighted by Gasteiger charge is 2.37. The maximum Gasteiger partial charge on any atom is 0.167 e. The van der Waals surface area contributed by atoms with E-state index in [2.05, 4.69) is 26.9 Å². The average molecular weight is 414 g/mol. The summed E-state index contributed by atoms with van der Waals surface area (Å²) in [6, 6.07) is 15.9. The molecular weight excluding hydrogens is 390 g/mol.